The third-order valence-electron chi connectivity index (χ3n) is 3.46. The molecule has 0 bridgehead atoms. The van der Waals surface area contributed by atoms with Gasteiger partial charge in [0, 0.05) is 12.6 Å². The first-order valence-corrected chi connectivity index (χ1v) is 7.40. The van der Waals surface area contributed by atoms with Gasteiger partial charge in [0.15, 0.2) is 18.2 Å². The van der Waals surface area contributed by atoms with E-state index < -0.39 is 5.82 Å². The van der Waals surface area contributed by atoms with Gasteiger partial charge >= 0.3 is 0 Å². The zero-order valence-corrected chi connectivity index (χ0v) is 13.1. The first kappa shape index (κ1) is 15.7. The number of hydrogen-bond acceptors (Lipinski definition) is 3. The van der Waals surface area contributed by atoms with E-state index in [4.69, 9.17) is 4.74 Å². The van der Waals surface area contributed by atoms with Crippen molar-refractivity contribution in [3.8, 4) is 17.0 Å². The molecular weight excluding hydrogens is 309 g/mol. The fourth-order valence-electron chi connectivity index (χ4n) is 2.36. The van der Waals surface area contributed by atoms with Crippen LogP contribution in [0, 0.1) is 5.82 Å². The number of rotatable bonds is 5. The molecule has 24 heavy (non-hydrogen) atoms. The molecule has 0 radical (unpaired) electrons. The van der Waals surface area contributed by atoms with Crippen LogP contribution in [-0.2, 0) is 11.8 Å². The number of ether oxygens (including phenoxy) is 1. The Morgan fingerprint density at radius 1 is 1.17 bits per heavy atom. The number of halogens is 1. The standard InChI is InChI=1S/C18H16FN3O2/c1-22-18(13-7-3-2-4-8-13)15(11-20-22)21-17(23)12-24-16-10-6-5-9-14(16)19/h2-11H,12H2,1H3,(H,21,23). The summed E-state index contributed by atoms with van der Waals surface area (Å²) in [6, 6.07) is 15.6. The minimum absolute atomic E-state index is 0.0436. The highest BCUT2D eigenvalue weighted by atomic mass is 19.1. The van der Waals surface area contributed by atoms with Crippen LogP contribution in [0.5, 0.6) is 5.75 Å². The van der Waals surface area contributed by atoms with E-state index in [2.05, 4.69) is 10.4 Å². The molecule has 3 rings (SSSR count). The van der Waals surface area contributed by atoms with Crippen LogP contribution >= 0.6 is 0 Å². The van der Waals surface area contributed by atoms with Crippen molar-refractivity contribution < 1.29 is 13.9 Å². The second-order valence-corrected chi connectivity index (χ2v) is 5.16. The highest BCUT2D eigenvalue weighted by molar-refractivity contribution is 5.95. The van der Waals surface area contributed by atoms with Crippen LogP contribution in [0.15, 0.2) is 60.8 Å². The molecule has 1 N–H and O–H groups in total. The molecule has 0 unspecified atom stereocenters. The number of anilines is 1. The Kier molecular flexibility index (Phi) is 4.56. The summed E-state index contributed by atoms with van der Waals surface area (Å²) in [5, 5.41) is 6.93. The number of benzene rings is 2. The Morgan fingerprint density at radius 2 is 1.88 bits per heavy atom. The predicted molar refractivity (Wildman–Crippen MR) is 89.2 cm³/mol. The monoisotopic (exact) mass is 325 g/mol. The fraction of sp³-hybridized carbons (Fsp3) is 0.111. The van der Waals surface area contributed by atoms with Crippen LogP contribution < -0.4 is 10.1 Å². The van der Waals surface area contributed by atoms with E-state index in [0.29, 0.717) is 5.69 Å². The van der Waals surface area contributed by atoms with Gasteiger partial charge in [-0.25, -0.2) is 4.39 Å². The molecule has 1 heterocycles. The SMILES string of the molecule is Cn1ncc(NC(=O)COc2ccccc2F)c1-c1ccccc1. The Bertz CT molecular complexity index is 846. The topological polar surface area (TPSA) is 56.2 Å². The molecule has 0 aliphatic rings. The number of aryl methyl sites for hydroxylation is 1. The summed E-state index contributed by atoms with van der Waals surface area (Å²) >= 11 is 0. The van der Waals surface area contributed by atoms with E-state index in [9.17, 15) is 9.18 Å². The molecule has 0 saturated carbocycles. The third-order valence-corrected chi connectivity index (χ3v) is 3.46. The number of aromatic nitrogens is 2. The van der Waals surface area contributed by atoms with Gasteiger partial charge in [0.05, 0.1) is 17.6 Å². The minimum Gasteiger partial charge on any atom is -0.481 e. The van der Waals surface area contributed by atoms with Gasteiger partial charge in [-0.1, -0.05) is 42.5 Å². The van der Waals surface area contributed by atoms with E-state index in [0.717, 1.165) is 11.3 Å². The lowest BCUT2D eigenvalue weighted by Gasteiger charge is -2.09. The number of amides is 1. The summed E-state index contributed by atoms with van der Waals surface area (Å²) in [7, 11) is 1.80. The van der Waals surface area contributed by atoms with E-state index in [1.807, 2.05) is 30.3 Å². The lowest BCUT2D eigenvalue weighted by Crippen LogP contribution is -2.20. The summed E-state index contributed by atoms with van der Waals surface area (Å²) in [5.74, 6) is -0.845. The Hall–Kier alpha value is -3.15. The quantitative estimate of drug-likeness (QED) is 0.783. The number of nitrogens with one attached hydrogen (secondary N) is 1. The average Bonchev–Trinajstić information content (AvgIpc) is 2.95. The van der Waals surface area contributed by atoms with Crippen molar-refractivity contribution in [3.63, 3.8) is 0 Å². The molecular formula is C18H16FN3O2. The Labute approximate surface area is 138 Å². The molecule has 0 saturated heterocycles. The number of carbonyl (C=O) groups is 1. The smallest absolute Gasteiger partial charge is 0.262 e. The second kappa shape index (κ2) is 6.95. The molecule has 0 atom stereocenters. The fourth-order valence-corrected chi connectivity index (χ4v) is 2.36. The molecule has 6 heteroatoms. The predicted octanol–water partition coefficient (Wildman–Crippen LogP) is 3.24. The summed E-state index contributed by atoms with van der Waals surface area (Å²) in [5.41, 5.74) is 2.29. The van der Waals surface area contributed by atoms with E-state index in [1.54, 1.807) is 30.1 Å². The van der Waals surface area contributed by atoms with Gasteiger partial charge in [0.1, 0.15) is 0 Å². The van der Waals surface area contributed by atoms with Crippen molar-refractivity contribution in [3.05, 3.63) is 66.6 Å². The molecule has 2 aromatic carbocycles. The van der Waals surface area contributed by atoms with Gasteiger partial charge < -0.3 is 10.1 Å². The lowest BCUT2D eigenvalue weighted by molar-refractivity contribution is -0.118. The highest BCUT2D eigenvalue weighted by Crippen LogP contribution is 2.27. The molecule has 5 nitrogen and oxygen atoms in total. The number of hydrogen-bond donors (Lipinski definition) is 1. The maximum absolute atomic E-state index is 13.5. The van der Waals surface area contributed by atoms with Gasteiger partial charge in [0.25, 0.3) is 5.91 Å². The average molecular weight is 325 g/mol. The summed E-state index contributed by atoms with van der Waals surface area (Å²) in [6.45, 7) is -0.288. The van der Waals surface area contributed by atoms with Gasteiger partial charge in [-0.3, -0.25) is 9.48 Å². The lowest BCUT2D eigenvalue weighted by atomic mass is 10.1. The normalized spacial score (nSPS) is 10.4. The van der Waals surface area contributed by atoms with Gasteiger partial charge in [-0.15, -0.1) is 0 Å². The van der Waals surface area contributed by atoms with Crippen LogP contribution in [-0.4, -0.2) is 22.3 Å². The highest BCUT2D eigenvalue weighted by Gasteiger charge is 2.14. The molecule has 1 aromatic heterocycles. The number of para-hydroxylation sites is 1. The zero-order chi connectivity index (χ0) is 16.9. The minimum atomic E-state index is -0.503. The van der Waals surface area contributed by atoms with Gasteiger partial charge in [-0.2, -0.15) is 5.10 Å². The molecule has 122 valence electrons. The molecule has 0 spiro atoms. The largest absolute Gasteiger partial charge is 0.481 e. The molecule has 3 aromatic rings. The molecule has 0 fully saturated rings. The third kappa shape index (κ3) is 3.43. The maximum atomic E-state index is 13.5. The molecule has 0 aliphatic carbocycles. The van der Waals surface area contributed by atoms with Crippen molar-refractivity contribution >= 4 is 11.6 Å². The van der Waals surface area contributed by atoms with Gasteiger partial charge in [-0.05, 0) is 12.1 Å². The Balaban J connectivity index is 1.71. The summed E-state index contributed by atoms with van der Waals surface area (Å²) in [6.07, 6.45) is 1.57. The summed E-state index contributed by atoms with van der Waals surface area (Å²) in [4.78, 5) is 12.1. The van der Waals surface area contributed by atoms with Crippen molar-refractivity contribution in [1.82, 2.24) is 9.78 Å². The first-order chi connectivity index (χ1) is 11.6. The van der Waals surface area contributed by atoms with Crippen molar-refractivity contribution in [1.29, 1.82) is 0 Å². The van der Waals surface area contributed by atoms with Crippen LogP contribution in [0.2, 0.25) is 0 Å². The van der Waals surface area contributed by atoms with E-state index in [1.165, 1.54) is 12.1 Å². The van der Waals surface area contributed by atoms with Crippen molar-refractivity contribution in [2.24, 2.45) is 7.05 Å². The van der Waals surface area contributed by atoms with E-state index >= 15 is 0 Å². The van der Waals surface area contributed by atoms with Gasteiger partial charge in [0.2, 0.25) is 0 Å². The summed E-state index contributed by atoms with van der Waals surface area (Å²) < 4.78 is 20.4. The van der Waals surface area contributed by atoms with Crippen molar-refractivity contribution in [2.45, 2.75) is 0 Å². The number of carbonyl (C=O) groups excluding carboxylic acids is 1. The van der Waals surface area contributed by atoms with Crippen LogP contribution in [0.1, 0.15) is 0 Å². The van der Waals surface area contributed by atoms with Crippen molar-refractivity contribution in [2.75, 3.05) is 11.9 Å². The van der Waals surface area contributed by atoms with Crippen LogP contribution in [0.4, 0.5) is 10.1 Å². The van der Waals surface area contributed by atoms with Crippen LogP contribution in [0.25, 0.3) is 11.3 Å². The molecule has 1 amide bonds. The maximum Gasteiger partial charge on any atom is 0.262 e. The number of nitrogens with zero attached hydrogens (tertiary/aromatic N) is 2. The molecule has 0 aliphatic heterocycles. The Morgan fingerprint density at radius 3 is 2.62 bits per heavy atom. The second-order valence-electron chi connectivity index (χ2n) is 5.16. The van der Waals surface area contributed by atoms with E-state index in [-0.39, 0.29) is 18.3 Å². The zero-order valence-electron chi connectivity index (χ0n) is 13.1. The van der Waals surface area contributed by atoms with Crippen LogP contribution in [0.3, 0.4) is 0 Å². The first-order valence-electron chi connectivity index (χ1n) is 7.40.